The Hall–Kier alpha value is -1.91. The monoisotopic (exact) mass is 195 g/mol. The maximum atomic E-state index is 10.7. The van der Waals surface area contributed by atoms with Gasteiger partial charge >= 0.3 is 5.97 Å². The van der Waals surface area contributed by atoms with Crippen LogP contribution in [-0.2, 0) is 11.2 Å². The minimum Gasteiger partial charge on any atom is -0.504 e. The summed E-state index contributed by atoms with van der Waals surface area (Å²) in [4.78, 5) is 10.7. The van der Waals surface area contributed by atoms with E-state index in [0.717, 1.165) is 0 Å². The number of hydrogen-bond donors (Lipinski definition) is 4. The molecule has 5 nitrogen and oxygen atoms in total. The first kappa shape index (κ1) is 8.68. The van der Waals surface area contributed by atoms with E-state index in [0.29, 0.717) is 17.7 Å². The summed E-state index contributed by atoms with van der Waals surface area (Å²) in [6.07, 6.45) is 0.318. The van der Waals surface area contributed by atoms with E-state index >= 15 is 0 Å². The van der Waals surface area contributed by atoms with Gasteiger partial charge in [0.15, 0.2) is 11.5 Å². The lowest BCUT2D eigenvalue weighted by molar-refractivity contribution is -0.137. The van der Waals surface area contributed by atoms with Crippen molar-refractivity contribution in [2.75, 3.05) is 5.32 Å². The predicted molar refractivity (Wildman–Crippen MR) is 48.5 cm³/mol. The second-order valence-corrected chi connectivity index (χ2v) is 3.24. The topological polar surface area (TPSA) is 89.8 Å². The highest BCUT2D eigenvalue weighted by molar-refractivity contribution is 5.82. The van der Waals surface area contributed by atoms with Crippen LogP contribution in [0.5, 0.6) is 11.5 Å². The molecule has 5 heteroatoms. The highest BCUT2D eigenvalue weighted by Crippen LogP contribution is 2.35. The Kier molecular flexibility index (Phi) is 1.73. The molecule has 2 rings (SSSR count). The fraction of sp³-hybridized carbons (Fsp3) is 0.222. The summed E-state index contributed by atoms with van der Waals surface area (Å²) < 4.78 is 0. The standard InChI is InChI=1S/C9H9NO4/c11-7-2-4-1-6(9(13)14)10-5(4)3-8(7)12/h2-3,6,10-12H,1H2,(H,13,14)/t6-/m0/s1. The van der Waals surface area contributed by atoms with Crippen LogP contribution in [0, 0.1) is 0 Å². The molecular formula is C9H9NO4. The Labute approximate surface area is 79.6 Å². The first-order valence-corrected chi connectivity index (χ1v) is 4.12. The van der Waals surface area contributed by atoms with Crippen molar-refractivity contribution in [1.29, 1.82) is 0 Å². The smallest absolute Gasteiger partial charge is 0.326 e. The fourth-order valence-electron chi connectivity index (χ4n) is 1.53. The van der Waals surface area contributed by atoms with Crippen LogP contribution in [0.25, 0.3) is 0 Å². The predicted octanol–water partition coefficient (Wildman–Crippen LogP) is 0.519. The molecule has 1 heterocycles. The quantitative estimate of drug-likeness (QED) is 0.387. The normalized spacial score (nSPS) is 18.7. The van der Waals surface area contributed by atoms with Crippen LogP contribution in [0.1, 0.15) is 5.56 Å². The van der Waals surface area contributed by atoms with Gasteiger partial charge in [0.1, 0.15) is 6.04 Å². The summed E-state index contributed by atoms with van der Waals surface area (Å²) in [6, 6.07) is 2.03. The number of phenolic OH excluding ortho intramolecular Hbond substituents is 2. The van der Waals surface area contributed by atoms with E-state index in [9.17, 15) is 15.0 Å². The van der Waals surface area contributed by atoms with E-state index in [1.807, 2.05) is 0 Å². The number of carboxylic acid groups (broad SMARTS) is 1. The van der Waals surface area contributed by atoms with E-state index in [4.69, 9.17) is 5.11 Å². The van der Waals surface area contributed by atoms with Crippen molar-refractivity contribution in [3.8, 4) is 11.5 Å². The number of benzene rings is 1. The maximum absolute atomic E-state index is 10.7. The van der Waals surface area contributed by atoms with Gasteiger partial charge in [-0.25, -0.2) is 4.79 Å². The first-order valence-electron chi connectivity index (χ1n) is 4.12. The number of aliphatic carboxylic acids is 1. The van der Waals surface area contributed by atoms with Crippen LogP contribution in [0.2, 0.25) is 0 Å². The Bertz CT molecular complexity index is 371. The summed E-state index contributed by atoms with van der Waals surface area (Å²) in [5.74, 6) is -1.42. The average molecular weight is 195 g/mol. The van der Waals surface area contributed by atoms with Gasteiger partial charge in [0.2, 0.25) is 0 Å². The van der Waals surface area contributed by atoms with Crippen LogP contribution in [-0.4, -0.2) is 27.3 Å². The molecule has 0 radical (unpaired) electrons. The van der Waals surface area contributed by atoms with Gasteiger partial charge in [-0.1, -0.05) is 0 Å². The van der Waals surface area contributed by atoms with Gasteiger partial charge in [-0.2, -0.15) is 0 Å². The van der Waals surface area contributed by atoms with Crippen LogP contribution in [0.3, 0.4) is 0 Å². The van der Waals surface area contributed by atoms with Crippen LogP contribution < -0.4 is 5.32 Å². The Balaban J connectivity index is 2.36. The average Bonchev–Trinajstić information content (AvgIpc) is 2.48. The number of phenols is 2. The highest BCUT2D eigenvalue weighted by Gasteiger charge is 2.27. The molecule has 1 aromatic rings. The molecule has 1 atom stereocenters. The summed E-state index contributed by atoms with van der Waals surface area (Å²) >= 11 is 0. The Morgan fingerprint density at radius 2 is 2.00 bits per heavy atom. The van der Waals surface area contributed by atoms with Crippen molar-refractivity contribution in [3.05, 3.63) is 17.7 Å². The molecule has 0 unspecified atom stereocenters. The first-order chi connectivity index (χ1) is 6.58. The molecule has 1 aliphatic heterocycles. The van der Waals surface area contributed by atoms with Crippen molar-refractivity contribution < 1.29 is 20.1 Å². The third-order valence-electron chi connectivity index (χ3n) is 2.25. The van der Waals surface area contributed by atoms with Crippen molar-refractivity contribution >= 4 is 11.7 Å². The number of fused-ring (bicyclic) bond motifs is 1. The lowest BCUT2D eigenvalue weighted by Gasteiger charge is -2.04. The number of rotatable bonds is 1. The zero-order chi connectivity index (χ0) is 10.3. The Morgan fingerprint density at radius 3 is 2.64 bits per heavy atom. The van der Waals surface area contributed by atoms with E-state index in [1.165, 1.54) is 12.1 Å². The van der Waals surface area contributed by atoms with Crippen LogP contribution in [0.4, 0.5) is 5.69 Å². The van der Waals surface area contributed by atoms with Crippen molar-refractivity contribution in [3.63, 3.8) is 0 Å². The SMILES string of the molecule is O=C(O)[C@@H]1Cc2cc(O)c(O)cc2N1. The molecule has 1 aliphatic rings. The van der Waals surface area contributed by atoms with Crippen LogP contribution in [0.15, 0.2) is 12.1 Å². The molecule has 0 aromatic heterocycles. The molecular weight excluding hydrogens is 186 g/mol. The molecule has 1 aromatic carbocycles. The largest absolute Gasteiger partial charge is 0.504 e. The highest BCUT2D eigenvalue weighted by atomic mass is 16.4. The van der Waals surface area contributed by atoms with Gasteiger partial charge in [0, 0.05) is 18.2 Å². The summed E-state index contributed by atoms with van der Waals surface area (Å²) in [5, 5.41) is 29.8. The van der Waals surface area contributed by atoms with Crippen LogP contribution >= 0.6 is 0 Å². The number of anilines is 1. The van der Waals surface area contributed by atoms with Crippen molar-refractivity contribution in [1.82, 2.24) is 0 Å². The number of carbonyl (C=O) groups is 1. The van der Waals surface area contributed by atoms with E-state index < -0.39 is 12.0 Å². The Morgan fingerprint density at radius 1 is 1.36 bits per heavy atom. The zero-order valence-electron chi connectivity index (χ0n) is 7.19. The third-order valence-corrected chi connectivity index (χ3v) is 2.25. The molecule has 0 bridgehead atoms. The summed E-state index contributed by atoms with van der Waals surface area (Å²) in [5.41, 5.74) is 1.26. The second kappa shape index (κ2) is 2.80. The fourth-order valence-corrected chi connectivity index (χ4v) is 1.53. The molecule has 74 valence electrons. The third kappa shape index (κ3) is 1.22. The van der Waals surface area contributed by atoms with Gasteiger partial charge in [-0.15, -0.1) is 0 Å². The lowest BCUT2D eigenvalue weighted by atomic mass is 10.1. The van der Waals surface area contributed by atoms with E-state index in [1.54, 1.807) is 0 Å². The molecule has 0 fully saturated rings. The maximum Gasteiger partial charge on any atom is 0.326 e. The number of carboxylic acids is 1. The number of hydrogen-bond acceptors (Lipinski definition) is 4. The number of nitrogens with one attached hydrogen (secondary N) is 1. The van der Waals surface area contributed by atoms with Gasteiger partial charge < -0.3 is 20.6 Å². The summed E-state index contributed by atoms with van der Waals surface area (Å²) in [6.45, 7) is 0. The second-order valence-electron chi connectivity index (χ2n) is 3.24. The molecule has 4 N–H and O–H groups in total. The lowest BCUT2D eigenvalue weighted by Crippen LogP contribution is -2.26. The molecule has 14 heavy (non-hydrogen) atoms. The number of aromatic hydroxyl groups is 2. The molecule has 0 amide bonds. The zero-order valence-corrected chi connectivity index (χ0v) is 7.19. The van der Waals surface area contributed by atoms with Gasteiger partial charge in [-0.3, -0.25) is 0 Å². The van der Waals surface area contributed by atoms with Gasteiger partial charge in [0.05, 0.1) is 0 Å². The molecule has 0 aliphatic carbocycles. The molecule has 0 spiro atoms. The summed E-state index contributed by atoms with van der Waals surface area (Å²) in [7, 11) is 0. The van der Waals surface area contributed by atoms with E-state index in [2.05, 4.69) is 5.32 Å². The van der Waals surface area contributed by atoms with Gasteiger partial charge in [0.25, 0.3) is 0 Å². The minimum atomic E-state index is -0.944. The molecule has 0 saturated carbocycles. The van der Waals surface area contributed by atoms with Gasteiger partial charge in [-0.05, 0) is 11.6 Å². The van der Waals surface area contributed by atoms with E-state index in [-0.39, 0.29) is 11.5 Å². The molecule has 0 saturated heterocycles. The van der Waals surface area contributed by atoms with Crippen molar-refractivity contribution in [2.45, 2.75) is 12.5 Å². The van der Waals surface area contributed by atoms with Crippen molar-refractivity contribution in [2.24, 2.45) is 0 Å². The minimum absolute atomic E-state index is 0.225.